The van der Waals surface area contributed by atoms with Gasteiger partial charge in [-0.3, -0.25) is 4.98 Å². The Kier molecular flexibility index (Phi) is 4.08. The summed E-state index contributed by atoms with van der Waals surface area (Å²) in [5.74, 6) is 0. The second-order valence-electron chi connectivity index (χ2n) is 6.06. The summed E-state index contributed by atoms with van der Waals surface area (Å²) in [6.07, 6.45) is 4.44. The van der Waals surface area contributed by atoms with E-state index in [1.54, 1.807) is 0 Å². The van der Waals surface area contributed by atoms with Gasteiger partial charge in [-0.25, -0.2) is 0 Å². The maximum atomic E-state index is 5.97. The van der Waals surface area contributed by atoms with Crippen molar-refractivity contribution in [1.82, 2.24) is 9.88 Å². The number of fused-ring (bicyclic) bond motifs is 1. The van der Waals surface area contributed by atoms with E-state index in [0.717, 1.165) is 24.2 Å². The highest BCUT2D eigenvalue weighted by Gasteiger charge is 2.24. The highest BCUT2D eigenvalue weighted by atomic mass is 15.2. The van der Waals surface area contributed by atoms with Gasteiger partial charge in [-0.1, -0.05) is 18.2 Å². The Morgan fingerprint density at radius 1 is 1.33 bits per heavy atom. The van der Waals surface area contributed by atoms with Crippen LogP contribution in [0, 0.1) is 0 Å². The Bertz CT molecular complexity index is 623. The Labute approximate surface area is 126 Å². The molecule has 0 bridgehead atoms. The Balaban J connectivity index is 2.05. The average Bonchev–Trinajstić information content (AvgIpc) is 2.53. The topological polar surface area (TPSA) is 45.4 Å². The SMILES string of the molecule is CN(C)C1CCCN(c2c(CN)cnc3ccccc23)C1. The molecule has 1 saturated heterocycles. The molecule has 0 spiro atoms. The number of anilines is 1. The zero-order valence-electron chi connectivity index (χ0n) is 12.9. The van der Waals surface area contributed by atoms with E-state index in [0.29, 0.717) is 12.6 Å². The van der Waals surface area contributed by atoms with Gasteiger partial charge in [0, 0.05) is 42.8 Å². The molecule has 2 heterocycles. The fraction of sp³-hybridized carbons (Fsp3) is 0.471. The predicted molar refractivity (Wildman–Crippen MR) is 88.6 cm³/mol. The van der Waals surface area contributed by atoms with Crippen LogP contribution in [0.3, 0.4) is 0 Å². The first-order valence-corrected chi connectivity index (χ1v) is 7.68. The molecule has 2 N–H and O–H groups in total. The van der Waals surface area contributed by atoms with E-state index in [9.17, 15) is 0 Å². The van der Waals surface area contributed by atoms with Crippen LogP contribution in [0.2, 0.25) is 0 Å². The van der Waals surface area contributed by atoms with Gasteiger partial charge in [-0.2, -0.15) is 0 Å². The van der Waals surface area contributed by atoms with Gasteiger partial charge in [-0.15, -0.1) is 0 Å². The van der Waals surface area contributed by atoms with Crippen LogP contribution < -0.4 is 10.6 Å². The first kappa shape index (κ1) is 14.3. The molecule has 4 heteroatoms. The molecular formula is C17H24N4. The normalized spacial score (nSPS) is 19.4. The molecule has 1 aromatic heterocycles. The van der Waals surface area contributed by atoms with Crippen molar-refractivity contribution in [3.63, 3.8) is 0 Å². The van der Waals surface area contributed by atoms with Crippen molar-refractivity contribution in [3.8, 4) is 0 Å². The Hall–Kier alpha value is -1.65. The number of rotatable bonds is 3. The van der Waals surface area contributed by atoms with Gasteiger partial charge in [0.05, 0.1) is 11.2 Å². The Morgan fingerprint density at radius 3 is 2.90 bits per heavy atom. The molecule has 1 aliphatic heterocycles. The fourth-order valence-electron chi connectivity index (χ4n) is 3.27. The third-order valence-electron chi connectivity index (χ3n) is 4.49. The first-order chi connectivity index (χ1) is 10.2. The molecular weight excluding hydrogens is 260 g/mol. The number of benzene rings is 1. The van der Waals surface area contributed by atoms with Crippen molar-refractivity contribution in [3.05, 3.63) is 36.0 Å². The molecule has 0 saturated carbocycles. The van der Waals surface area contributed by atoms with Crippen molar-refractivity contribution in [1.29, 1.82) is 0 Å². The number of hydrogen-bond acceptors (Lipinski definition) is 4. The van der Waals surface area contributed by atoms with E-state index in [4.69, 9.17) is 5.73 Å². The van der Waals surface area contributed by atoms with Crippen LogP contribution in [0.1, 0.15) is 18.4 Å². The number of hydrogen-bond donors (Lipinski definition) is 1. The number of likely N-dealkylation sites (N-methyl/N-ethyl adjacent to an activating group) is 1. The summed E-state index contributed by atoms with van der Waals surface area (Å²) in [5, 5.41) is 1.22. The lowest BCUT2D eigenvalue weighted by molar-refractivity contribution is 0.258. The second kappa shape index (κ2) is 6.00. The number of nitrogens with two attached hydrogens (primary N) is 1. The summed E-state index contributed by atoms with van der Waals surface area (Å²) in [6, 6.07) is 8.97. The van der Waals surface area contributed by atoms with E-state index >= 15 is 0 Å². The summed E-state index contributed by atoms with van der Waals surface area (Å²) in [5.41, 5.74) is 9.45. The maximum Gasteiger partial charge on any atom is 0.0723 e. The number of nitrogens with zero attached hydrogens (tertiary/aromatic N) is 3. The third kappa shape index (κ3) is 2.74. The molecule has 0 amide bonds. The number of aromatic nitrogens is 1. The van der Waals surface area contributed by atoms with Crippen molar-refractivity contribution in [2.45, 2.75) is 25.4 Å². The minimum Gasteiger partial charge on any atom is -0.369 e. The molecule has 112 valence electrons. The predicted octanol–water partition coefficient (Wildman–Crippen LogP) is 2.22. The van der Waals surface area contributed by atoms with Gasteiger partial charge < -0.3 is 15.5 Å². The van der Waals surface area contributed by atoms with E-state index in [2.05, 4.69) is 47.1 Å². The average molecular weight is 284 g/mol. The monoisotopic (exact) mass is 284 g/mol. The molecule has 21 heavy (non-hydrogen) atoms. The van der Waals surface area contributed by atoms with Crippen LogP contribution in [0.25, 0.3) is 10.9 Å². The highest BCUT2D eigenvalue weighted by molar-refractivity contribution is 5.93. The number of para-hydroxylation sites is 1. The zero-order valence-corrected chi connectivity index (χ0v) is 12.9. The summed E-state index contributed by atoms with van der Waals surface area (Å²) in [6.45, 7) is 2.70. The maximum absolute atomic E-state index is 5.97. The minimum atomic E-state index is 0.538. The van der Waals surface area contributed by atoms with Crippen LogP contribution in [0.4, 0.5) is 5.69 Å². The molecule has 0 aliphatic carbocycles. The molecule has 1 aromatic carbocycles. The van der Waals surface area contributed by atoms with Crippen LogP contribution in [0.5, 0.6) is 0 Å². The van der Waals surface area contributed by atoms with Crippen LogP contribution in [-0.4, -0.2) is 43.1 Å². The molecule has 1 fully saturated rings. The van der Waals surface area contributed by atoms with Crippen molar-refractivity contribution in [2.75, 3.05) is 32.1 Å². The minimum absolute atomic E-state index is 0.538. The molecule has 4 nitrogen and oxygen atoms in total. The zero-order chi connectivity index (χ0) is 14.8. The lowest BCUT2D eigenvalue weighted by Crippen LogP contribution is -2.45. The van der Waals surface area contributed by atoms with Crippen molar-refractivity contribution in [2.24, 2.45) is 5.73 Å². The third-order valence-corrected chi connectivity index (χ3v) is 4.49. The Morgan fingerprint density at radius 2 is 2.14 bits per heavy atom. The van der Waals surface area contributed by atoms with Crippen LogP contribution >= 0.6 is 0 Å². The first-order valence-electron chi connectivity index (χ1n) is 7.68. The fourth-order valence-corrected chi connectivity index (χ4v) is 3.27. The highest BCUT2D eigenvalue weighted by Crippen LogP contribution is 2.31. The van der Waals surface area contributed by atoms with E-state index < -0.39 is 0 Å². The lowest BCUT2D eigenvalue weighted by Gasteiger charge is -2.38. The largest absolute Gasteiger partial charge is 0.369 e. The van der Waals surface area contributed by atoms with Gasteiger partial charge in [0.15, 0.2) is 0 Å². The summed E-state index contributed by atoms with van der Waals surface area (Å²) < 4.78 is 0. The molecule has 3 rings (SSSR count). The van der Waals surface area contributed by atoms with Gasteiger partial charge in [0.2, 0.25) is 0 Å². The van der Waals surface area contributed by atoms with Crippen molar-refractivity contribution >= 4 is 16.6 Å². The van der Waals surface area contributed by atoms with Gasteiger partial charge in [-0.05, 0) is 33.0 Å². The lowest BCUT2D eigenvalue weighted by atomic mass is 10.0. The van der Waals surface area contributed by atoms with Gasteiger partial charge in [0.1, 0.15) is 0 Å². The number of pyridine rings is 1. The quantitative estimate of drug-likeness (QED) is 0.939. The molecule has 1 aliphatic rings. The number of piperidine rings is 1. The molecule has 0 radical (unpaired) electrons. The van der Waals surface area contributed by atoms with E-state index in [1.165, 1.54) is 23.9 Å². The summed E-state index contributed by atoms with van der Waals surface area (Å²) in [7, 11) is 4.34. The summed E-state index contributed by atoms with van der Waals surface area (Å²) in [4.78, 5) is 9.38. The molecule has 1 unspecified atom stereocenters. The second-order valence-corrected chi connectivity index (χ2v) is 6.06. The van der Waals surface area contributed by atoms with E-state index in [-0.39, 0.29) is 0 Å². The summed E-state index contributed by atoms with van der Waals surface area (Å²) >= 11 is 0. The molecule has 2 aromatic rings. The standard InChI is InChI=1S/C17H24N4/c1-20(2)14-6-5-9-21(12-14)17-13(10-18)11-19-16-8-4-3-7-15(16)17/h3-4,7-8,11,14H,5-6,9-10,12,18H2,1-2H3. The van der Waals surface area contributed by atoms with Gasteiger partial charge in [0.25, 0.3) is 0 Å². The van der Waals surface area contributed by atoms with Crippen LogP contribution in [-0.2, 0) is 6.54 Å². The van der Waals surface area contributed by atoms with E-state index in [1.807, 2.05) is 12.3 Å². The van der Waals surface area contributed by atoms with Crippen LogP contribution in [0.15, 0.2) is 30.5 Å². The molecule has 1 atom stereocenters. The smallest absolute Gasteiger partial charge is 0.0723 e. The van der Waals surface area contributed by atoms with Gasteiger partial charge >= 0.3 is 0 Å². The van der Waals surface area contributed by atoms with Crippen molar-refractivity contribution < 1.29 is 0 Å².